The summed E-state index contributed by atoms with van der Waals surface area (Å²) in [6.07, 6.45) is 2.84. The number of nitrogens with zero attached hydrogens (tertiary/aromatic N) is 2. The molecule has 1 saturated heterocycles. The van der Waals surface area contributed by atoms with Crippen molar-refractivity contribution in [2.24, 2.45) is 5.73 Å². The van der Waals surface area contributed by atoms with Crippen molar-refractivity contribution in [1.29, 1.82) is 0 Å². The van der Waals surface area contributed by atoms with Crippen LogP contribution in [0.5, 0.6) is 5.75 Å². The Morgan fingerprint density at radius 3 is 2.52 bits per heavy atom. The Morgan fingerprint density at radius 1 is 1.12 bits per heavy atom. The summed E-state index contributed by atoms with van der Waals surface area (Å²) < 4.78 is 36.0. The van der Waals surface area contributed by atoms with E-state index in [1.54, 1.807) is 24.3 Å². The van der Waals surface area contributed by atoms with Gasteiger partial charge in [0.05, 0.1) is 10.9 Å². The molecule has 0 unspecified atom stereocenters. The van der Waals surface area contributed by atoms with Gasteiger partial charge in [-0.1, -0.05) is 6.07 Å². The minimum Gasteiger partial charge on any atom is -0.507 e. The number of phenolic OH excluding ortho intramolecular Hbond substituents is 1. The molecule has 8 heteroatoms. The number of benzene rings is 2. The third-order valence-electron chi connectivity index (χ3n) is 6.06. The predicted octanol–water partition coefficient (Wildman–Crippen LogP) is 4.67. The molecular formula is C25H21F2N3O3. The van der Waals surface area contributed by atoms with E-state index in [2.05, 4.69) is 4.98 Å². The van der Waals surface area contributed by atoms with Crippen LogP contribution in [0.2, 0.25) is 0 Å². The van der Waals surface area contributed by atoms with Gasteiger partial charge in [0, 0.05) is 47.8 Å². The van der Waals surface area contributed by atoms with Crippen LogP contribution in [-0.4, -0.2) is 33.8 Å². The maximum Gasteiger partial charge on any atom is 0.270 e. The van der Waals surface area contributed by atoms with Gasteiger partial charge in [0.2, 0.25) is 0 Å². The molecule has 4 aromatic rings. The summed E-state index contributed by atoms with van der Waals surface area (Å²) in [7, 11) is 0. The molecule has 2 aromatic carbocycles. The highest BCUT2D eigenvalue weighted by Crippen LogP contribution is 2.46. The molecule has 0 saturated carbocycles. The smallest absolute Gasteiger partial charge is 0.270 e. The van der Waals surface area contributed by atoms with Gasteiger partial charge in [-0.2, -0.15) is 0 Å². The van der Waals surface area contributed by atoms with E-state index in [1.165, 1.54) is 24.4 Å². The Bertz CT molecular complexity index is 1360. The SMILES string of the molecule is NC(=O)c1ncc(-c2c(C3CCOCC3)n(-c3ccc(F)cc3)c3cccc(O)c23)cc1F. The number of nitrogens with two attached hydrogens (primary N) is 1. The number of aromatic nitrogens is 2. The van der Waals surface area contributed by atoms with Crippen LogP contribution in [0.25, 0.3) is 27.7 Å². The zero-order valence-corrected chi connectivity index (χ0v) is 17.6. The first kappa shape index (κ1) is 21.1. The first-order valence-corrected chi connectivity index (χ1v) is 10.6. The maximum absolute atomic E-state index is 14.7. The van der Waals surface area contributed by atoms with Crippen LogP contribution in [0, 0.1) is 11.6 Å². The Morgan fingerprint density at radius 2 is 1.85 bits per heavy atom. The minimum absolute atomic E-state index is 0.0241. The van der Waals surface area contributed by atoms with Crippen LogP contribution in [-0.2, 0) is 4.74 Å². The average Bonchev–Trinajstić information content (AvgIpc) is 3.16. The molecule has 0 spiro atoms. The predicted molar refractivity (Wildman–Crippen MR) is 119 cm³/mol. The molecule has 1 fully saturated rings. The van der Waals surface area contributed by atoms with Crippen molar-refractivity contribution in [1.82, 2.24) is 9.55 Å². The molecule has 33 heavy (non-hydrogen) atoms. The number of hydrogen-bond acceptors (Lipinski definition) is 4. The zero-order chi connectivity index (χ0) is 23.1. The third kappa shape index (κ3) is 3.62. The van der Waals surface area contributed by atoms with E-state index in [4.69, 9.17) is 10.5 Å². The van der Waals surface area contributed by atoms with Crippen molar-refractivity contribution in [3.05, 3.63) is 77.8 Å². The molecule has 1 aliphatic rings. The van der Waals surface area contributed by atoms with Crippen molar-refractivity contribution in [2.45, 2.75) is 18.8 Å². The van der Waals surface area contributed by atoms with E-state index in [9.17, 15) is 18.7 Å². The number of primary amides is 1. The number of aromatic hydroxyl groups is 1. The van der Waals surface area contributed by atoms with Gasteiger partial charge in [-0.15, -0.1) is 0 Å². The van der Waals surface area contributed by atoms with Crippen LogP contribution in [0.4, 0.5) is 8.78 Å². The van der Waals surface area contributed by atoms with Crippen molar-refractivity contribution in [2.75, 3.05) is 13.2 Å². The van der Waals surface area contributed by atoms with Crippen LogP contribution >= 0.6 is 0 Å². The van der Waals surface area contributed by atoms with E-state index in [0.29, 0.717) is 40.9 Å². The lowest BCUT2D eigenvalue weighted by molar-refractivity contribution is 0.0843. The largest absolute Gasteiger partial charge is 0.507 e. The number of fused-ring (bicyclic) bond motifs is 1. The highest BCUT2D eigenvalue weighted by atomic mass is 19.1. The molecule has 0 atom stereocenters. The van der Waals surface area contributed by atoms with E-state index in [1.807, 2.05) is 10.6 Å². The van der Waals surface area contributed by atoms with Crippen molar-refractivity contribution < 1.29 is 23.4 Å². The normalized spacial score (nSPS) is 14.6. The Hall–Kier alpha value is -3.78. The van der Waals surface area contributed by atoms with Crippen LogP contribution < -0.4 is 5.73 Å². The maximum atomic E-state index is 14.7. The van der Waals surface area contributed by atoms with Gasteiger partial charge in [-0.05, 0) is 55.3 Å². The van der Waals surface area contributed by atoms with E-state index in [-0.39, 0.29) is 17.5 Å². The first-order valence-electron chi connectivity index (χ1n) is 10.6. The van der Waals surface area contributed by atoms with Gasteiger partial charge in [0.1, 0.15) is 11.6 Å². The fourth-order valence-electron chi connectivity index (χ4n) is 4.61. The highest BCUT2D eigenvalue weighted by molar-refractivity contribution is 6.03. The Balaban J connectivity index is 1.87. The number of rotatable bonds is 4. The van der Waals surface area contributed by atoms with Crippen molar-refractivity contribution in [3.8, 4) is 22.6 Å². The Labute approximate surface area is 188 Å². The van der Waals surface area contributed by atoms with Gasteiger partial charge >= 0.3 is 0 Å². The number of phenols is 1. The highest BCUT2D eigenvalue weighted by Gasteiger charge is 2.29. The van der Waals surface area contributed by atoms with Crippen LogP contribution in [0.15, 0.2) is 54.7 Å². The molecule has 1 amide bonds. The van der Waals surface area contributed by atoms with Crippen molar-refractivity contribution >= 4 is 16.8 Å². The molecule has 2 aromatic heterocycles. The zero-order valence-electron chi connectivity index (χ0n) is 17.6. The van der Waals surface area contributed by atoms with Gasteiger partial charge in [0.15, 0.2) is 11.5 Å². The number of pyridine rings is 1. The number of ether oxygens (including phenoxy) is 1. The number of carbonyl (C=O) groups excluding carboxylic acids is 1. The lowest BCUT2D eigenvalue weighted by Crippen LogP contribution is -2.18. The summed E-state index contributed by atoms with van der Waals surface area (Å²) in [5, 5.41) is 11.4. The average molecular weight is 449 g/mol. The summed E-state index contributed by atoms with van der Waals surface area (Å²) in [5.74, 6) is -2.10. The molecule has 6 nitrogen and oxygen atoms in total. The summed E-state index contributed by atoms with van der Waals surface area (Å²) >= 11 is 0. The standard InChI is InChI=1S/C25H21F2N3O3/c26-16-4-6-17(7-5-16)30-19-2-1-3-20(31)22(19)21(24(30)14-8-10-33-11-9-14)15-12-18(27)23(25(28)32)29-13-15/h1-7,12-14,31H,8-11H2,(H2,28,32). The topological polar surface area (TPSA) is 90.4 Å². The van der Waals surface area contributed by atoms with E-state index < -0.39 is 17.4 Å². The number of hydrogen-bond donors (Lipinski definition) is 2. The molecule has 5 rings (SSSR count). The van der Waals surface area contributed by atoms with Crippen LogP contribution in [0.3, 0.4) is 0 Å². The van der Waals surface area contributed by atoms with E-state index in [0.717, 1.165) is 18.5 Å². The molecule has 0 bridgehead atoms. The minimum atomic E-state index is -0.958. The van der Waals surface area contributed by atoms with Crippen molar-refractivity contribution in [3.63, 3.8) is 0 Å². The lowest BCUT2D eigenvalue weighted by atomic mass is 9.90. The number of amides is 1. The summed E-state index contributed by atoms with van der Waals surface area (Å²) in [6, 6.07) is 12.4. The van der Waals surface area contributed by atoms with Gasteiger partial charge < -0.3 is 20.1 Å². The quantitative estimate of drug-likeness (QED) is 0.474. The van der Waals surface area contributed by atoms with Crippen LogP contribution in [0.1, 0.15) is 34.9 Å². The van der Waals surface area contributed by atoms with Gasteiger partial charge in [0.25, 0.3) is 5.91 Å². The first-order chi connectivity index (χ1) is 16.0. The molecule has 1 aliphatic heterocycles. The number of carbonyl (C=O) groups is 1. The second-order valence-electron chi connectivity index (χ2n) is 8.05. The summed E-state index contributed by atoms with van der Waals surface area (Å²) in [5.41, 5.74) is 8.05. The fourth-order valence-corrected chi connectivity index (χ4v) is 4.61. The second kappa shape index (κ2) is 8.29. The van der Waals surface area contributed by atoms with E-state index >= 15 is 0 Å². The van der Waals surface area contributed by atoms with Gasteiger partial charge in [-0.3, -0.25) is 4.79 Å². The molecule has 3 heterocycles. The molecule has 0 aliphatic carbocycles. The lowest BCUT2D eigenvalue weighted by Gasteiger charge is -2.25. The number of halogens is 2. The van der Waals surface area contributed by atoms with Gasteiger partial charge in [-0.25, -0.2) is 13.8 Å². The third-order valence-corrected chi connectivity index (χ3v) is 6.06. The second-order valence-corrected chi connectivity index (χ2v) is 8.05. The summed E-state index contributed by atoms with van der Waals surface area (Å²) in [4.78, 5) is 15.5. The molecular weight excluding hydrogens is 428 g/mol. The molecule has 3 N–H and O–H groups in total. The summed E-state index contributed by atoms with van der Waals surface area (Å²) in [6.45, 7) is 1.13. The fraction of sp³-hybridized carbons (Fsp3) is 0.200. The molecule has 168 valence electrons. The monoisotopic (exact) mass is 449 g/mol. The molecule has 0 radical (unpaired) electrons. The Kier molecular flexibility index (Phi) is 5.30.